The fraction of sp³-hybridized carbons (Fsp3) is 0.357. The lowest BCUT2D eigenvalue weighted by atomic mass is 10.1. The Morgan fingerprint density at radius 3 is 3.00 bits per heavy atom. The third kappa shape index (κ3) is 1.79. The Balaban J connectivity index is 2.38. The predicted octanol–water partition coefficient (Wildman–Crippen LogP) is 4.06. The van der Waals surface area contributed by atoms with Crippen LogP contribution in [0.3, 0.4) is 0 Å². The first-order valence-corrected chi connectivity index (χ1v) is 7.04. The van der Waals surface area contributed by atoms with Crippen molar-refractivity contribution in [1.82, 2.24) is 4.98 Å². The Hall–Kier alpha value is -1.16. The van der Waals surface area contributed by atoms with Crippen molar-refractivity contribution in [3.05, 3.63) is 33.7 Å². The number of anilines is 1. The molecule has 1 aliphatic rings. The minimum atomic E-state index is -0.256. The highest BCUT2D eigenvalue weighted by Crippen LogP contribution is 2.36. The number of benzene rings is 1. The van der Waals surface area contributed by atoms with Gasteiger partial charge in [0, 0.05) is 27.8 Å². The highest BCUT2D eigenvalue weighted by Gasteiger charge is 2.20. The molecule has 0 spiro atoms. The van der Waals surface area contributed by atoms with E-state index in [1.54, 1.807) is 0 Å². The molecule has 3 rings (SSSR count). The summed E-state index contributed by atoms with van der Waals surface area (Å²) < 4.78 is 14.8. The molecule has 1 aromatic heterocycles. The van der Waals surface area contributed by atoms with Gasteiger partial charge in [-0.05, 0) is 43.9 Å². The molecule has 2 nitrogen and oxygen atoms in total. The molecule has 0 saturated heterocycles. The van der Waals surface area contributed by atoms with Gasteiger partial charge in [-0.1, -0.05) is 15.9 Å². The van der Waals surface area contributed by atoms with Crippen LogP contribution in [0.1, 0.15) is 24.6 Å². The summed E-state index contributed by atoms with van der Waals surface area (Å²) in [6.07, 6.45) is 3.10. The Morgan fingerprint density at radius 1 is 1.39 bits per heavy atom. The van der Waals surface area contributed by atoms with Crippen molar-refractivity contribution >= 4 is 32.5 Å². The number of nitrogens with zero attached hydrogens (tertiary/aromatic N) is 1. The third-order valence-corrected chi connectivity index (χ3v) is 3.85. The van der Waals surface area contributed by atoms with Crippen molar-refractivity contribution in [2.24, 2.45) is 0 Å². The summed E-state index contributed by atoms with van der Waals surface area (Å²) in [6.45, 7) is 2.89. The number of hydrogen-bond acceptors (Lipinski definition) is 2. The van der Waals surface area contributed by atoms with Gasteiger partial charge in [-0.25, -0.2) is 9.37 Å². The van der Waals surface area contributed by atoms with E-state index in [1.165, 1.54) is 11.6 Å². The van der Waals surface area contributed by atoms with Gasteiger partial charge in [-0.15, -0.1) is 0 Å². The summed E-state index contributed by atoms with van der Waals surface area (Å²) in [5.41, 5.74) is 3.87. The topological polar surface area (TPSA) is 24.9 Å². The quantitative estimate of drug-likeness (QED) is 0.905. The fourth-order valence-corrected chi connectivity index (χ4v) is 3.10. The Morgan fingerprint density at radius 2 is 2.22 bits per heavy atom. The summed E-state index contributed by atoms with van der Waals surface area (Å²) in [4.78, 5) is 4.50. The highest BCUT2D eigenvalue weighted by atomic mass is 79.9. The average Bonchev–Trinajstić information content (AvgIpc) is 2.78. The number of fused-ring (bicyclic) bond motifs is 2. The van der Waals surface area contributed by atoms with Gasteiger partial charge in [-0.3, -0.25) is 0 Å². The van der Waals surface area contributed by atoms with Crippen molar-refractivity contribution in [2.45, 2.75) is 26.2 Å². The van der Waals surface area contributed by atoms with Gasteiger partial charge in [0.05, 0.1) is 0 Å². The number of pyridine rings is 1. The number of halogens is 2. The number of rotatable bonds is 2. The van der Waals surface area contributed by atoms with Crippen LogP contribution in [0, 0.1) is 5.82 Å². The van der Waals surface area contributed by atoms with Crippen LogP contribution in [0.2, 0.25) is 0 Å². The molecule has 1 aliphatic carbocycles. The zero-order valence-electron chi connectivity index (χ0n) is 10.2. The highest BCUT2D eigenvalue weighted by molar-refractivity contribution is 9.10. The first-order valence-electron chi connectivity index (χ1n) is 6.25. The SMILES string of the molecule is CCNc1c2c(nc3c(F)cc(Br)cc13)CCC2. The second kappa shape index (κ2) is 4.50. The van der Waals surface area contributed by atoms with Crippen LogP contribution in [0.4, 0.5) is 10.1 Å². The molecule has 0 bridgehead atoms. The molecule has 0 unspecified atom stereocenters. The van der Waals surface area contributed by atoms with Crippen molar-refractivity contribution in [3.8, 4) is 0 Å². The van der Waals surface area contributed by atoms with E-state index < -0.39 is 0 Å². The molecule has 1 heterocycles. The van der Waals surface area contributed by atoms with Gasteiger partial charge in [0.25, 0.3) is 0 Å². The summed E-state index contributed by atoms with van der Waals surface area (Å²) in [6, 6.07) is 3.43. The molecule has 1 N–H and O–H groups in total. The lowest BCUT2D eigenvalue weighted by Crippen LogP contribution is -2.04. The van der Waals surface area contributed by atoms with Crippen LogP contribution in [-0.4, -0.2) is 11.5 Å². The predicted molar refractivity (Wildman–Crippen MR) is 75.6 cm³/mol. The lowest BCUT2D eigenvalue weighted by molar-refractivity contribution is 0.635. The van der Waals surface area contributed by atoms with Gasteiger partial charge >= 0.3 is 0 Å². The molecular weight excluding hydrogens is 295 g/mol. The van der Waals surface area contributed by atoms with E-state index in [-0.39, 0.29) is 5.82 Å². The number of aromatic nitrogens is 1. The molecule has 1 aromatic carbocycles. The zero-order valence-corrected chi connectivity index (χ0v) is 11.8. The number of nitrogens with one attached hydrogen (secondary N) is 1. The monoisotopic (exact) mass is 308 g/mol. The van der Waals surface area contributed by atoms with E-state index in [1.807, 2.05) is 6.07 Å². The van der Waals surface area contributed by atoms with E-state index >= 15 is 0 Å². The Labute approximate surface area is 114 Å². The molecule has 0 fully saturated rings. The minimum Gasteiger partial charge on any atom is -0.384 e. The van der Waals surface area contributed by atoms with Gasteiger partial charge in [0.1, 0.15) is 5.52 Å². The number of aryl methyl sites for hydroxylation is 1. The smallest absolute Gasteiger partial charge is 0.150 e. The Kier molecular flexibility index (Phi) is 2.98. The minimum absolute atomic E-state index is 0.256. The van der Waals surface area contributed by atoms with E-state index in [2.05, 4.69) is 33.2 Å². The molecule has 0 radical (unpaired) electrons. The van der Waals surface area contributed by atoms with Crippen LogP contribution in [-0.2, 0) is 12.8 Å². The number of hydrogen-bond donors (Lipinski definition) is 1. The van der Waals surface area contributed by atoms with E-state index in [4.69, 9.17) is 0 Å². The van der Waals surface area contributed by atoms with Crippen molar-refractivity contribution in [3.63, 3.8) is 0 Å². The van der Waals surface area contributed by atoms with Crippen molar-refractivity contribution < 1.29 is 4.39 Å². The second-order valence-electron chi connectivity index (χ2n) is 4.58. The van der Waals surface area contributed by atoms with Crippen LogP contribution in [0.25, 0.3) is 10.9 Å². The first kappa shape index (κ1) is 11.9. The molecule has 0 amide bonds. The molecule has 0 saturated carbocycles. The average molecular weight is 309 g/mol. The summed E-state index contributed by atoms with van der Waals surface area (Å²) >= 11 is 3.35. The molecular formula is C14H14BrFN2. The van der Waals surface area contributed by atoms with Crippen molar-refractivity contribution in [1.29, 1.82) is 0 Å². The van der Waals surface area contributed by atoms with Gasteiger partial charge < -0.3 is 5.32 Å². The van der Waals surface area contributed by atoms with Crippen LogP contribution in [0.5, 0.6) is 0 Å². The van der Waals surface area contributed by atoms with Gasteiger partial charge in [-0.2, -0.15) is 0 Å². The normalized spacial score (nSPS) is 13.9. The van der Waals surface area contributed by atoms with Crippen molar-refractivity contribution in [2.75, 3.05) is 11.9 Å². The van der Waals surface area contributed by atoms with E-state index in [9.17, 15) is 4.39 Å². The Bertz CT molecular complexity index is 625. The van der Waals surface area contributed by atoms with Gasteiger partial charge in [0.2, 0.25) is 0 Å². The molecule has 18 heavy (non-hydrogen) atoms. The maximum absolute atomic E-state index is 14.0. The van der Waals surface area contributed by atoms with Crippen LogP contribution < -0.4 is 5.32 Å². The maximum Gasteiger partial charge on any atom is 0.150 e. The van der Waals surface area contributed by atoms with E-state index in [0.717, 1.165) is 47.0 Å². The maximum atomic E-state index is 14.0. The van der Waals surface area contributed by atoms with Crippen LogP contribution >= 0.6 is 15.9 Å². The molecule has 0 aliphatic heterocycles. The van der Waals surface area contributed by atoms with Crippen LogP contribution in [0.15, 0.2) is 16.6 Å². The molecule has 0 atom stereocenters. The standard InChI is InChI=1S/C14H14BrFN2/c1-2-17-13-9-4-3-5-12(9)18-14-10(13)6-8(15)7-11(14)16/h6-7H,2-5H2,1H3,(H,17,18). The zero-order chi connectivity index (χ0) is 12.7. The summed E-state index contributed by atoms with van der Waals surface area (Å²) in [7, 11) is 0. The molecule has 2 aromatic rings. The summed E-state index contributed by atoms with van der Waals surface area (Å²) in [5, 5.41) is 4.26. The third-order valence-electron chi connectivity index (χ3n) is 3.39. The second-order valence-corrected chi connectivity index (χ2v) is 5.50. The largest absolute Gasteiger partial charge is 0.384 e. The molecule has 94 valence electrons. The molecule has 4 heteroatoms. The summed E-state index contributed by atoms with van der Waals surface area (Å²) in [5.74, 6) is -0.256. The van der Waals surface area contributed by atoms with Gasteiger partial charge in [0.15, 0.2) is 5.82 Å². The lowest BCUT2D eigenvalue weighted by Gasteiger charge is -2.14. The van der Waals surface area contributed by atoms with E-state index in [0.29, 0.717) is 5.52 Å². The first-order chi connectivity index (χ1) is 8.70. The fourth-order valence-electron chi connectivity index (χ4n) is 2.67.